The van der Waals surface area contributed by atoms with Crippen LogP contribution in [0, 0.1) is 0 Å². The van der Waals surface area contributed by atoms with Crippen molar-refractivity contribution in [3.63, 3.8) is 0 Å². The summed E-state index contributed by atoms with van der Waals surface area (Å²) in [5.74, 6) is -1.24. The van der Waals surface area contributed by atoms with Gasteiger partial charge in [-0.3, -0.25) is 4.79 Å². The van der Waals surface area contributed by atoms with Gasteiger partial charge in [0, 0.05) is 18.4 Å². The van der Waals surface area contributed by atoms with E-state index in [-0.39, 0.29) is 35.0 Å². The van der Waals surface area contributed by atoms with Crippen LogP contribution in [0.5, 0.6) is 0 Å². The molecule has 1 aliphatic rings. The molecule has 1 aromatic heterocycles. The molecule has 1 aromatic rings. The largest absolute Gasteiger partial charge is 0.462 e. The van der Waals surface area contributed by atoms with E-state index < -0.39 is 11.8 Å². The lowest BCUT2D eigenvalue weighted by Gasteiger charge is -2.25. The van der Waals surface area contributed by atoms with Gasteiger partial charge in [0.25, 0.3) is 0 Å². The van der Waals surface area contributed by atoms with Gasteiger partial charge in [0.15, 0.2) is 0 Å². The summed E-state index contributed by atoms with van der Waals surface area (Å²) in [5, 5.41) is 12.7. The van der Waals surface area contributed by atoms with Gasteiger partial charge in [-0.15, -0.1) is 0 Å². The quantitative estimate of drug-likeness (QED) is 0.204. The van der Waals surface area contributed by atoms with Gasteiger partial charge in [-0.05, 0) is 44.7 Å². The first-order chi connectivity index (χ1) is 11.5. The second-order valence-corrected chi connectivity index (χ2v) is 5.98. The van der Waals surface area contributed by atoms with Crippen molar-refractivity contribution in [1.82, 2.24) is 10.3 Å². The predicted molar refractivity (Wildman–Crippen MR) is 89.7 cm³/mol. The van der Waals surface area contributed by atoms with Crippen LogP contribution < -0.4 is 5.32 Å². The Hall–Kier alpha value is -1.92. The third kappa shape index (κ3) is 4.79. The Balaban J connectivity index is 2.18. The predicted octanol–water partition coefficient (Wildman–Crippen LogP) is 2.26. The smallest absolute Gasteiger partial charge is 0.343 e. The molecule has 7 heteroatoms. The fourth-order valence-corrected chi connectivity index (χ4v) is 2.78. The highest BCUT2D eigenvalue weighted by Crippen LogP contribution is 2.20. The molecular formula is C17H21ClN2O4. The maximum absolute atomic E-state index is 12.6. The van der Waals surface area contributed by atoms with Crippen LogP contribution in [0.1, 0.15) is 43.0 Å². The van der Waals surface area contributed by atoms with Crippen molar-refractivity contribution in [1.29, 1.82) is 0 Å². The lowest BCUT2D eigenvalue weighted by atomic mass is 9.93. The Morgan fingerprint density at radius 1 is 1.42 bits per heavy atom. The van der Waals surface area contributed by atoms with Crippen LogP contribution in [0.4, 0.5) is 0 Å². The van der Waals surface area contributed by atoms with Gasteiger partial charge >= 0.3 is 5.97 Å². The number of ether oxygens (including phenoxy) is 1. The van der Waals surface area contributed by atoms with Crippen LogP contribution in [0.2, 0.25) is 5.15 Å². The van der Waals surface area contributed by atoms with E-state index in [1.807, 2.05) is 0 Å². The summed E-state index contributed by atoms with van der Waals surface area (Å²) in [7, 11) is 0. The van der Waals surface area contributed by atoms with Crippen molar-refractivity contribution in [3.05, 3.63) is 40.8 Å². The minimum absolute atomic E-state index is 0.0403. The van der Waals surface area contributed by atoms with Gasteiger partial charge in [0.2, 0.25) is 5.78 Å². The number of ketones is 1. The average Bonchev–Trinajstić information content (AvgIpc) is 2.57. The molecule has 0 bridgehead atoms. The van der Waals surface area contributed by atoms with Gasteiger partial charge in [-0.25, -0.2) is 9.78 Å². The van der Waals surface area contributed by atoms with E-state index in [9.17, 15) is 14.7 Å². The van der Waals surface area contributed by atoms with Gasteiger partial charge in [-0.2, -0.15) is 0 Å². The fourth-order valence-electron chi connectivity index (χ4n) is 2.57. The monoisotopic (exact) mass is 352 g/mol. The summed E-state index contributed by atoms with van der Waals surface area (Å²) >= 11 is 5.95. The fraction of sp³-hybridized carbons (Fsp3) is 0.471. The molecule has 1 fully saturated rings. The Bertz CT molecular complexity index is 625. The molecule has 0 spiro atoms. The molecule has 0 saturated heterocycles. The molecule has 1 heterocycles. The van der Waals surface area contributed by atoms with Crippen LogP contribution in [0.3, 0.4) is 0 Å². The van der Waals surface area contributed by atoms with Crippen molar-refractivity contribution in [2.45, 2.75) is 44.8 Å². The summed E-state index contributed by atoms with van der Waals surface area (Å²) in [6, 6.07) is 3.20. The summed E-state index contributed by atoms with van der Waals surface area (Å²) in [6.07, 6.45) is 5.54. The molecule has 2 N–H and O–H groups in total. The standard InChI is InChI=1S/C17H21ClN2O4/c1-2-24-17(23)14(10-20-11-5-7-12(21)8-6-11)15(22)13-4-3-9-19-16(13)18/h3-4,9-12,20-21H,2,5-8H2,1H3/b14-10+/t11-,12-. The molecule has 6 nitrogen and oxygen atoms in total. The number of halogens is 1. The van der Waals surface area contributed by atoms with E-state index >= 15 is 0 Å². The molecule has 2 rings (SSSR count). The van der Waals surface area contributed by atoms with Gasteiger partial charge < -0.3 is 15.2 Å². The average molecular weight is 353 g/mol. The van der Waals surface area contributed by atoms with Crippen molar-refractivity contribution >= 4 is 23.4 Å². The van der Waals surface area contributed by atoms with Crippen LogP contribution in [0.15, 0.2) is 30.1 Å². The van der Waals surface area contributed by atoms with Crippen molar-refractivity contribution < 1.29 is 19.4 Å². The first-order valence-corrected chi connectivity index (χ1v) is 8.37. The maximum atomic E-state index is 12.6. The molecule has 0 aliphatic heterocycles. The number of nitrogens with zero attached hydrogens (tertiary/aromatic N) is 1. The highest BCUT2D eigenvalue weighted by atomic mass is 35.5. The highest BCUT2D eigenvalue weighted by molar-refractivity contribution is 6.35. The Kier molecular flexibility index (Phi) is 6.75. The zero-order chi connectivity index (χ0) is 17.5. The first-order valence-electron chi connectivity index (χ1n) is 7.99. The van der Waals surface area contributed by atoms with E-state index in [1.165, 1.54) is 18.5 Å². The Morgan fingerprint density at radius 2 is 2.12 bits per heavy atom. The zero-order valence-corrected chi connectivity index (χ0v) is 14.3. The Morgan fingerprint density at radius 3 is 2.75 bits per heavy atom. The molecule has 24 heavy (non-hydrogen) atoms. The third-order valence-electron chi connectivity index (χ3n) is 3.90. The van der Waals surface area contributed by atoms with E-state index in [4.69, 9.17) is 16.3 Å². The molecule has 0 unspecified atom stereocenters. The summed E-state index contributed by atoms with van der Waals surface area (Å²) < 4.78 is 4.97. The van der Waals surface area contributed by atoms with E-state index in [0.29, 0.717) is 12.8 Å². The molecule has 0 atom stereocenters. The molecule has 0 radical (unpaired) electrons. The number of pyridine rings is 1. The maximum Gasteiger partial charge on any atom is 0.343 e. The van der Waals surface area contributed by atoms with Crippen LogP contribution in [-0.2, 0) is 9.53 Å². The number of hydrogen-bond donors (Lipinski definition) is 2. The SMILES string of the molecule is CCOC(=O)/C(=C/N[C@H]1CC[C@H](O)CC1)C(=O)c1cccnc1Cl. The zero-order valence-electron chi connectivity index (χ0n) is 13.5. The summed E-state index contributed by atoms with van der Waals surface area (Å²) in [5.41, 5.74) is 0.0391. The molecule has 130 valence electrons. The van der Waals surface area contributed by atoms with Crippen molar-refractivity contribution in [2.75, 3.05) is 6.61 Å². The van der Waals surface area contributed by atoms with Gasteiger partial charge in [-0.1, -0.05) is 11.6 Å². The topological polar surface area (TPSA) is 88.5 Å². The van der Waals surface area contributed by atoms with Gasteiger partial charge in [0.1, 0.15) is 10.7 Å². The number of nitrogens with one attached hydrogen (secondary N) is 1. The molecule has 1 aliphatic carbocycles. The van der Waals surface area contributed by atoms with E-state index in [0.717, 1.165) is 12.8 Å². The van der Waals surface area contributed by atoms with Crippen molar-refractivity contribution in [3.8, 4) is 0 Å². The Labute approximate surface area is 145 Å². The molecule has 0 amide bonds. The van der Waals surface area contributed by atoms with Crippen LogP contribution in [0.25, 0.3) is 0 Å². The normalized spacial score (nSPS) is 21.2. The van der Waals surface area contributed by atoms with Gasteiger partial charge in [0.05, 0.1) is 18.3 Å². The minimum Gasteiger partial charge on any atom is -0.462 e. The molecule has 0 aromatic carbocycles. The number of aliphatic hydroxyl groups is 1. The number of rotatable bonds is 6. The highest BCUT2D eigenvalue weighted by Gasteiger charge is 2.25. The summed E-state index contributed by atoms with van der Waals surface area (Å²) in [6.45, 7) is 1.84. The number of Topliss-reactive ketones (excluding diaryl/α,β-unsaturated/α-hetero) is 1. The summed E-state index contributed by atoms with van der Waals surface area (Å²) in [4.78, 5) is 28.6. The second-order valence-electron chi connectivity index (χ2n) is 5.62. The van der Waals surface area contributed by atoms with E-state index in [2.05, 4.69) is 10.3 Å². The van der Waals surface area contributed by atoms with Crippen LogP contribution in [-0.4, -0.2) is 40.6 Å². The second kappa shape index (κ2) is 8.80. The number of aliphatic hydroxyl groups excluding tert-OH is 1. The van der Waals surface area contributed by atoms with Crippen molar-refractivity contribution in [2.24, 2.45) is 0 Å². The number of carbonyl (C=O) groups is 2. The third-order valence-corrected chi connectivity index (χ3v) is 4.20. The molecular weight excluding hydrogens is 332 g/mol. The number of esters is 1. The minimum atomic E-state index is -0.703. The lowest BCUT2D eigenvalue weighted by molar-refractivity contribution is -0.138. The van der Waals surface area contributed by atoms with Crippen LogP contribution >= 0.6 is 11.6 Å². The first kappa shape index (κ1) is 18.4. The molecule has 1 saturated carbocycles. The number of carbonyl (C=O) groups excluding carboxylic acids is 2. The lowest BCUT2D eigenvalue weighted by Crippen LogP contribution is -2.32. The number of hydrogen-bond acceptors (Lipinski definition) is 6. The van der Waals surface area contributed by atoms with E-state index in [1.54, 1.807) is 13.0 Å². The number of aromatic nitrogens is 1.